The van der Waals surface area contributed by atoms with Gasteiger partial charge in [0.25, 0.3) is 0 Å². The van der Waals surface area contributed by atoms with Crippen molar-refractivity contribution in [3.8, 4) is 5.75 Å². The minimum Gasteiger partial charge on any atom is -0.491 e. The van der Waals surface area contributed by atoms with Gasteiger partial charge in [0.2, 0.25) is 15.9 Å². The summed E-state index contributed by atoms with van der Waals surface area (Å²) in [7, 11) is -3.41. The molecule has 0 radical (unpaired) electrons. The highest BCUT2D eigenvalue weighted by Gasteiger charge is 2.17. The van der Waals surface area contributed by atoms with E-state index in [-0.39, 0.29) is 25.0 Å². The van der Waals surface area contributed by atoms with Gasteiger partial charge in [0.15, 0.2) is 0 Å². The van der Waals surface area contributed by atoms with Crippen molar-refractivity contribution in [2.45, 2.75) is 46.3 Å². The molecule has 2 aromatic carbocycles. The molecule has 2 rings (SSSR count). The number of nitrogens with one attached hydrogen (secondary N) is 1. The van der Waals surface area contributed by atoms with Crippen LogP contribution in [-0.4, -0.2) is 33.2 Å². The smallest absolute Gasteiger partial charge is 0.232 e. The average Bonchev–Trinajstić information content (AvgIpc) is 2.63. The number of sulfonamides is 1. The van der Waals surface area contributed by atoms with Gasteiger partial charge in [0.1, 0.15) is 5.75 Å². The average molecular weight is 419 g/mol. The van der Waals surface area contributed by atoms with E-state index in [4.69, 9.17) is 4.74 Å². The van der Waals surface area contributed by atoms with Gasteiger partial charge in [-0.2, -0.15) is 0 Å². The molecule has 158 valence electrons. The van der Waals surface area contributed by atoms with Crippen LogP contribution in [0.1, 0.15) is 37.8 Å². The Bertz CT molecular complexity index is 909. The van der Waals surface area contributed by atoms with Crippen LogP contribution >= 0.6 is 0 Å². The second kappa shape index (κ2) is 10.3. The van der Waals surface area contributed by atoms with Gasteiger partial charge >= 0.3 is 0 Å². The molecule has 0 saturated carbocycles. The first-order valence-corrected chi connectivity index (χ1v) is 11.6. The number of aryl methyl sites for hydroxylation is 1. The Morgan fingerprint density at radius 1 is 1.14 bits per heavy atom. The van der Waals surface area contributed by atoms with Crippen LogP contribution in [0.4, 0.5) is 5.69 Å². The molecule has 7 heteroatoms. The Hall–Kier alpha value is -2.54. The van der Waals surface area contributed by atoms with Crippen molar-refractivity contribution in [3.05, 3.63) is 59.7 Å². The summed E-state index contributed by atoms with van der Waals surface area (Å²) in [6, 6.07) is 14.9. The highest BCUT2D eigenvalue weighted by molar-refractivity contribution is 7.92. The Balaban J connectivity index is 1.85. The number of anilines is 1. The highest BCUT2D eigenvalue weighted by Crippen LogP contribution is 2.19. The summed E-state index contributed by atoms with van der Waals surface area (Å²) in [4.78, 5) is 12.2. The topological polar surface area (TPSA) is 75.7 Å². The van der Waals surface area contributed by atoms with E-state index in [0.29, 0.717) is 18.7 Å². The van der Waals surface area contributed by atoms with Gasteiger partial charge in [0, 0.05) is 19.5 Å². The Morgan fingerprint density at radius 2 is 1.83 bits per heavy atom. The van der Waals surface area contributed by atoms with E-state index >= 15 is 0 Å². The lowest BCUT2D eigenvalue weighted by molar-refractivity contribution is -0.121. The first-order valence-electron chi connectivity index (χ1n) is 9.72. The standard InChI is InChI=1S/C22H30N2O4S/c1-17(2)28-21-8-5-7-19(15-21)16-23-22(25)9-6-14-24(29(4,26)27)20-12-10-18(3)11-13-20/h5,7-8,10-13,15,17H,6,9,14,16H2,1-4H3,(H,23,25). The van der Waals surface area contributed by atoms with Crippen molar-refractivity contribution in [3.63, 3.8) is 0 Å². The molecule has 29 heavy (non-hydrogen) atoms. The molecular weight excluding hydrogens is 388 g/mol. The van der Waals surface area contributed by atoms with Gasteiger partial charge in [-0.3, -0.25) is 9.10 Å². The van der Waals surface area contributed by atoms with Crippen LogP contribution < -0.4 is 14.4 Å². The predicted octanol–water partition coefficient (Wildman–Crippen LogP) is 3.64. The van der Waals surface area contributed by atoms with Crippen molar-refractivity contribution >= 4 is 21.6 Å². The first kappa shape index (κ1) is 22.7. The summed E-state index contributed by atoms with van der Waals surface area (Å²) in [6.45, 7) is 6.54. The van der Waals surface area contributed by atoms with Crippen LogP contribution in [0, 0.1) is 6.92 Å². The molecule has 0 aliphatic rings. The second-order valence-corrected chi connectivity index (χ2v) is 9.27. The molecule has 2 aromatic rings. The molecule has 0 fully saturated rings. The quantitative estimate of drug-likeness (QED) is 0.639. The summed E-state index contributed by atoms with van der Waals surface area (Å²) in [5.41, 5.74) is 2.62. The van der Waals surface area contributed by atoms with E-state index in [1.165, 1.54) is 10.6 Å². The zero-order valence-corrected chi connectivity index (χ0v) is 18.3. The Morgan fingerprint density at radius 3 is 2.45 bits per heavy atom. The van der Waals surface area contributed by atoms with E-state index in [1.54, 1.807) is 12.1 Å². The van der Waals surface area contributed by atoms with Crippen molar-refractivity contribution in [1.82, 2.24) is 5.32 Å². The number of hydrogen-bond acceptors (Lipinski definition) is 4. The molecule has 1 amide bonds. The molecular formula is C22H30N2O4S. The number of carbonyl (C=O) groups excluding carboxylic acids is 1. The van der Waals surface area contributed by atoms with E-state index < -0.39 is 10.0 Å². The molecule has 0 spiro atoms. The maximum atomic E-state index is 12.2. The maximum absolute atomic E-state index is 12.2. The van der Waals surface area contributed by atoms with Crippen LogP contribution in [0.5, 0.6) is 5.75 Å². The number of amides is 1. The fraction of sp³-hybridized carbons (Fsp3) is 0.409. The van der Waals surface area contributed by atoms with E-state index in [0.717, 1.165) is 16.9 Å². The van der Waals surface area contributed by atoms with Gasteiger partial charge in [-0.05, 0) is 57.0 Å². The number of rotatable bonds is 10. The fourth-order valence-electron chi connectivity index (χ4n) is 2.87. The fourth-order valence-corrected chi connectivity index (χ4v) is 3.84. The van der Waals surface area contributed by atoms with Crippen LogP contribution in [0.25, 0.3) is 0 Å². The Kier molecular flexibility index (Phi) is 8.08. The number of ether oxygens (including phenoxy) is 1. The van der Waals surface area contributed by atoms with Gasteiger partial charge < -0.3 is 10.1 Å². The predicted molar refractivity (Wildman–Crippen MR) is 117 cm³/mol. The summed E-state index contributed by atoms with van der Waals surface area (Å²) in [6.07, 6.45) is 1.95. The molecule has 1 N–H and O–H groups in total. The van der Waals surface area contributed by atoms with Crippen molar-refractivity contribution in [2.75, 3.05) is 17.1 Å². The molecule has 0 unspecified atom stereocenters. The number of benzene rings is 2. The van der Waals surface area contributed by atoms with E-state index in [2.05, 4.69) is 5.32 Å². The van der Waals surface area contributed by atoms with Gasteiger partial charge in [-0.1, -0.05) is 29.8 Å². The zero-order chi connectivity index (χ0) is 21.4. The minimum absolute atomic E-state index is 0.0890. The maximum Gasteiger partial charge on any atom is 0.232 e. The largest absolute Gasteiger partial charge is 0.491 e. The molecule has 0 aliphatic carbocycles. The lowest BCUT2D eigenvalue weighted by Gasteiger charge is -2.22. The summed E-state index contributed by atoms with van der Waals surface area (Å²) in [5, 5.41) is 2.88. The molecule has 6 nitrogen and oxygen atoms in total. The summed E-state index contributed by atoms with van der Waals surface area (Å²) in [5.74, 6) is 0.658. The number of nitrogens with zero attached hydrogens (tertiary/aromatic N) is 1. The summed E-state index contributed by atoms with van der Waals surface area (Å²) < 4.78 is 31.2. The van der Waals surface area contributed by atoms with Crippen LogP contribution in [-0.2, 0) is 21.4 Å². The molecule has 0 aromatic heterocycles. The van der Waals surface area contributed by atoms with Crippen molar-refractivity contribution in [1.29, 1.82) is 0 Å². The van der Waals surface area contributed by atoms with Crippen molar-refractivity contribution in [2.24, 2.45) is 0 Å². The van der Waals surface area contributed by atoms with Crippen LogP contribution in [0.2, 0.25) is 0 Å². The van der Waals surface area contributed by atoms with E-state index in [1.807, 2.05) is 57.2 Å². The number of carbonyl (C=O) groups is 1. The van der Waals surface area contributed by atoms with Crippen LogP contribution in [0.15, 0.2) is 48.5 Å². The molecule has 0 atom stereocenters. The molecule has 0 bridgehead atoms. The van der Waals surface area contributed by atoms with Crippen LogP contribution in [0.3, 0.4) is 0 Å². The van der Waals surface area contributed by atoms with E-state index in [9.17, 15) is 13.2 Å². The van der Waals surface area contributed by atoms with Gasteiger partial charge in [-0.25, -0.2) is 8.42 Å². The SMILES string of the molecule is Cc1ccc(N(CCCC(=O)NCc2cccc(OC(C)C)c2)S(C)(=O)=O)cc1. The third kappa shape index (κ3) is 7.77. The lowest BCUT2D eigenvalue weighted by Crippen LogP contribution is -2.32. The normalized spacial score (nSPS) is 11.3. The molecule has 0 saturated heterocycles. The monoisotopic (exact) mass is 418 g/mol. The second-order valence-electron chi connectivity index (χ2n) is 7.36. The first-order chi connectivity index (χ1) is 13.6. The number of hydrogen-bond donors (Lipinski definition) is 1. The van der Waals surface area contributed by atoms with Crippen molar-refractivity contribution < 1.29 is 17.9 Å². The molecule has 0 heterocycles. The summed E-state index contributed by atoms with van der Waals surface area (Å²) >= 11 is 0. The highest BCUT2D eigenvalue weighted by atomic mass is 32.2. The van der Waals surface area contributed by atoms with Gasteiger partial charge in [0.05, 0.1) is 18.0 Å². The lowest BCUT2D eigenvalue weighted by atomic mass is 10.2. The Labute approximate surface area is 173 Å². The minimum atomic E-state index is -3.41. The zero-order valence-electron chi connectivity index (χ0n) is 17.5. The third-order valence-corrected chi connectivity index (χ3v) is 5.44. The molecule has 0 aliphatic heterocycles. The third-order valence-electron chi connectivity index (χ3n) is 4.25. The van der Waals surface area contributed by atoms with Gasteiger partial charge in [-0.15, -0.1) is 0 Å².